The smallest absolute Gasteiger partial charge is 0.323 e. The van der Waals surface area contributed by atoms with Gasteiger partial charge < -0.3 is 10.0 Å². The summed E-state index contributed by atoms with van der Waals surface area (Å²) in [5.41, 5.74) is 1.04. The molecule has 2 heterocycles. The normalized spacial score (nSPS) is 14.2. The zero-order valence-corrected chi connectivity index (χ0v) is 11.4. The summed E-state index contributed by atoms with van der Waals surface area (Å²) in [7, 11) is 0. The first-order chi connectivity index (χ1) is 9.65. The lowest BCUT2D eigenvalue weighted by Gasteiger charge is -2.18. The van der Waals surface area contributed by atoms with Gasteiger partial charge in [0.2, 0.25) is 0 Å². The maximum atomic E-state index is 12.3. The van der Waals surface area contributed by atoms with Crippen LogP contribution in [0.1, 0.15) is 23.3 Å². The molecule has 1 aliphatic carbocycles. The van der Waals surface area contributed by atoms with Gasteiger partial charge in [0.05, 0.1) is 10.6 Å². The minimum absolute atomic E-state index is 0.0421. The molecule has 0 spiro atoms. The lowest BCUT2D eigenvalue weighted by Crippen LogP contribution is -2.37. The first kappa shape index (κ1) is 12.9. The second-order valence-electron chi connectivity index (χ2n) is 4.70. The number of rotatable bonds is 5. The van der Waals surface area contributed by atoms with E-state index < -0.39 is 5.97 Å². The minimum Gasteiger partial charge on any atom is -0.480 e. The van der Waals surface area contributed by atoms with Crippen LogP contribution in [0, 0.1) is 0 Å². The van der Waals surface area contributed by atoms with Crippen molar-refractivity contribution < 1.29 is 14.7 Å². The molecule has 6 nitrogen and oxygen atoms in total. The van der Waals surface area contributed by atoms with Crippen molar-refractivity contribution >= 4 is 23.2 Å². The van der Waals surface area contributed by atoms with Gasteiger partial charge in [-0.15, -0.1) is 11.3 Å². The molecule has 7 heteroatoms. The number of carboxylic acid groups (broad SMARTS) is 1. The molecule has 1 aliphatic rings. The average molecular weight is 291 g/mol. The third-order valence-corrected chi connectivity index (χ3v) is 4.04. The largest absolute Gasteiger partial charge is 0.480 e. The minimum atomic E-state index is -1.00. The quantitative estimate of drug-likeness (QED) is 0.880. The van der Waals surface area contributed by atoms with Gasteiger partial charge in [-0.25, -0.2) is 0 Å². The molecule has 1 fully saturated rings. The van der Waals surface area contributed by atoms with E-state index in [1.807, 2.05) is 17.5 Å². The van der Waals surface area contributed by atoms with Crippen molar-refractivity contribution in [3.63, 3.8) is 0 Å². The van der Waals surface area contributed by atoms with Crippen molar-refractivity contribution in [1.82, 2.24) is 15.1 Å². The molecule has 1 saturated carbocycles. The number of thiophene rings is 1. The van der Waals surface area contributed by atoms with Gasteiger partial charge in [0.1, 0.15) is 6.54 Å². The molecule has 0 unspecified atom stereocenters. The highest BCUT2D eigenvalue weighted by molar-refractivity contribution is 7.13. The third-order valence-electron chi connectivity index (χ3n) is 3.14. The van der Waals surface area contributed by atoms with Gasteiger partial charge >= 0.3 is 5.97 Å². The predicted octanol–water partition coefficient (Wildman–Crippen LogP) is 1.83. The van der Waals surface area contributed by atoms with Crippen LogP contribution in [0.15, 0.2) is 23.6 Å². The summed E-state index contributed by atoms with van der Waals surface area (Å²) in [6.07, 6.45) is 1.72. The Bertz CT molecular complexity index is 631. The fraction of sp³-hybridized carbons (Fsp3) is 0.308. The van der Waals surface area contributed by atoms with E-state index in [2.05, 4.69) is 10.2 Å². The summed E-state index contributed by atoms with van der Waals surface area (Å²) in [5, 5.41) is 17.7. The number of carboxylic acids is 1. The predicted molar refractivity (Wildman–Crippen MR) is 73.6 cm³/mol. The van der Waals surface area contributed by atoms with Crippen molar-refractivity contribution in [2.24, 2.45) is 0 Å². The number of hydrogen-bond donors (Lipinski definition) is 2. The van der Waals surface area contributed by atoms with Gasteiger partial charge in [-0.3, -0.25) is 14.7 Å². The van der Waals surface area contributed by atoms with E-state index in [4.69, 9.17) is 5.11 Å². The third kappa shape index (κ3) is 2.57. The monoisotopic (exact) mass is 291 g/mol. The SMILES string of the molecule is O=C(O)CN(C(=O)c1cc(-c2cccs2)[nH]n1)C1CC1. The molecule has 0 atom stereocenters. The summed E-state index contributed by atoms with van der Waals surface area (Å²) < 4.78 is 0. The number of aromatic amines is 1. The van der Waals surface area contributed by atoms with E-state index >= 15 is 0 Å². The van der Waals surface area contributed by atoms with Crippen LogP contribution in [0.2, 0.25) is 0 Å². The molecule has 0 aliphatic heterocycles. The molecule has 0 saturated heterocycles. The molecule has 2 aromatic heterocycles. The number of aromatic nitrogens is 2. The Kier molecular flexibility index (Phi) is 3.27. The molecule has 1 amide bonds. The van der Waals surface area contributed by atoms with E-state index in [1.54, 1.807) is 17.4 Å². The van der Waals surface area contributed by atoms with Crippen molar-refractivity contribution in [2.45, 2.75) is 18.9 Å². The molecule has 20 heavy (non-hydrogen) atoms. The Hall–Kier alpha value is -2.15. The molecule has 3 rings (SSSR count). The number of aliphatic carboxylic acids is 1. The van der Waals surface area contributed by atoms with Crippen LogP contribution in [0.25, 0.3) is 10.6 Å². The second kappa shape index (κ2) is 5.09. The molecule has 2 aromatic rings. The van der Waals surface area contributed by atoms with Crippen LogP contribution >= 0.6 is 11.3 Å². The van der Waals surface area contributed by atoms with E-state index in [9.17, 15) is 9.59 Å². The number of hydrogen-bond acceptors (Lipinski definition) is 4. The lowest BCUT2D eigenvalue weighted by atomic mass is 10.3. The fourth-order valence-corrected chi connectivity index (χ4v) is 2.73. The summed E-state index contributed by atoms with van der Waals surface area (Å²) in [5.74, 6) is -1.33. The Morgan fingerprint density at radius 1 is 1.50 bits per heavy atom. The first-order valence-corrected chi connectivity index (χ1v) is 7.15. The number of carbonyl (C=O) groups is 2. The van der Waals surface area contributed by atoms with E-state index in [-0.39, 0.29) is 24.2 Å². The topological polar surface area (TPSA) is 86.3 Å². The van der Waals surface area contributed by atoms with E-state index in [0.29, 0.717) is 0 Å². The van der Waals surface area contributed by atoms with Crippen LogP contribution in [0.3, 0.4) is 0 Å². The Balaban J connectivity index is 1.80. The lowest BCUT2D eigenvalue weighted by molar-refractivity contribution is -0.137. The van der Waals surface area contributed by atoms with Gasteiger partial charge in [-0.05, 0) is 30.4 Å². The molecular weight excluding hydrogens is 278 g/mol. The summed E-state index contributed by atoms with van der Waals surface area (Å²) in [6.45, 7) is -0.273. The standard InChI is InChI=1S/C13H13N3O3S/c17-12(18)7-16(8-3-4-8)13(19)10-6-9(14-15-10)11-2-1-5-20-11/h1-2,5-6,8H,3-4,7H2,(H,14,15)(H,17,18). The molecule has 0 radical (unpaired) electrons. The van der Waals surface area contributed by atoms with Crippen molar-refractivity contribution in [3.8, 4) is 10.6 Å². The Labute approximate surface area is 119 Å². The molecule has 104 valence electrons. The molecular formula is C13H13N3O3S. The summed E-state index contributed by atoms with van der Waals surface area (Å²) in [6, 6.07) is 5.57. The van der Waals surface area contributed by atoms with Crippen LogP contribution in [0.4, 0.5) is 0 Å². The molecule has 2 N–H and O–H groups in total. The number of nitrogens with zero attached hydrogens (tertiary/aromatic N) is 2. The summed E-state index contributed by atoms with van der Waals surface area (Å²) >= 11 is 1.55. The van der Waals surface area contributed by atoms with Gasteiger partial charge in [0, 0.05) is 6.04 Å². The zero-order chi connectivity index (χ0) is 14.1. The number of amides is 1. The van der Waals surface area contributed by atoms with Crippen LogP contribution in [-0.2, 0) is 4.79 Å². The number of nitrogens with one attached hydrogen (secondary N) is 1. The first-order valence-electron chi connectivity index (χ1n) is 6.27. The number of carbonyl (C=O) groups excluding carboxylic acids is 1. The van der Waals surface area contributed by atoms with Gasteiger partial charge in [0.25, 0.3) is 5.91 Å². The highest BCUT2D eigenvalue weighted by atomic mass is 32.1. The van der Waals surface area contributed by atoms with Gasteiger partial charge in [-0.2, -0.15) is 5.10 Å². The fourth-order valence-electron chi connectivity index (χ4n) is 2.04. The Morgan fingerprint density at radius 2 is 2.30 bits per heavy atom. The molecule has 0 aromatic carbocycles. The van der Waals surface area contributed by atoms with Crippen LogP contribution in [-0.4, -0.2) is 44.7 Å². The van der Waals surface area contributed by atoms with E-state index in [0.717, 1.165) is 23.4 Å². The van der Waals surface area contributed by atoms with Crippen LogP contribution in [0.5, 0.6) is 0 Å². The van der Waals surface area contributed by atoms with Crippen molar-refractivity contribution in [2.75, 3.05) is 6.54 Å². The maximum absolute atomic E-state index is 12.3. The Morgan fingerprint density at radius 3 is 2.90 bits per heavy atom. The maximum Gasteiger partial charge on any atom is 0.323 e. The number of H-pyrrole nitrogens is 1. The molecule has 0 bridgehead atoms. The summed E-state index contributed by atoms with van der Waals surface area (Å²) in [4.78, 5) is 25.6. The van der Waals surface area contributed by atoms with Crippen molar-refractivity contribution in [1.29, 1.82) is 0 Å². The second-order valence-corrected chi connectivity index (χ2v) is 5.65. The zero-order valence-electron chi connectivity index (χ0n) is 10.6. The van der Waals surface area contributed by atoms with Gasteiger partial charge in [-0.1, -0.05) is 6.07 Å². The highest BCUT2D eigenvalue weighted by Crippen LogP contribution is 2.29. The highest BCUT2D eigenvalue weighted by Gasteiger charge is 2.35. The van der Waals surface area contributed by atoms with Gasteiger partial charge in [0.15, 0.2) is 5.69 Å². The van der Waals surface area contributed by atoms with E-state index in [1.165, 1.54) is 4.90 Å². The van der Waals surface area contributed by atoms with Crippen LogP contribution < -0.4 is 0 Å². The average Bonchev–Trinajstić information content (AvgIpc) is 2.94. The van der Waals surface area contributed by atoms with Crippen molar-refractivity contribution in [3.05, 3.63) is 29.3 Å².